The first-order chi connectivity index (χ1) is 9.03. The molecule has 2 aromatic rings. The Kier molecular flexibility index (Phi) is 4.05. The maximum Gasteiger partial charge on any atom is 0.251 e. The van der Waals surface area contributed by atoms with Crippen molar-refractivity contribution in [2.45, 2.75) is 39.3 Å². The Labute approximate surface area is 114 Å². The standard InChI is InChI=1S/C16H22N2O/c1-4-16(2,3)17-11-12-18-14-8-6-5-7-13(14)9-10-15(18)19/h5-10,17H,4,11-12H2,1-3H3. The molecule has 0 unspecified atom stereocenters. The van der Waals surface area contributed by atoms with Crippen molar-refractivity contribution in [1.29, 1.82) is 0 Å². The molecule has 0 bridgehead atoms. The van der Waals surface area contributed by atoms with E-state index in [1.54, 1.807) is 6.07 Å². The fourth-order valence-corrected chi connectivity index (χ4v) is 2.11. The summed E-state index contributed by atoms with van der Waals surface area (Å²) in [5.41, 5.74) is 1.19. The van der Waals surface area contributed by atoms with Crippen LogP contribution in [-0.2, 0) is 6.54 Å². The van der Waals surface area contributed by atoms with Gasteiger partial charge in [0.25, 0.3) is 5.56 Å². The topological polar surface area (TPSA) is 34.0 Å². The predicted molar refractivity (Wildman–Crippen MR) is 80.6 cm³/mol. The van der Waals surface area contributed by atoms with Crippen molar-refractivity contribution in [2.75, 3.05) is 6.54 Å². The number of fused-ring (bicyclic) bond motifs is 1. The maximum atomic E-state index is 12.0. The Bertz CT molecular complexity index is 613. The van der Waals surface area contributed by atoms with Gasteiger partial charge in [-0.3, -0.25) is 4.79 Å². The minimum absolute atomic E-state index is 0.0646. The molecule has 19 heavy (non-hydrogen) atoms. The first-order valence-corrected chi connectivity index (χ1v) is 6.87. The number of nitrogens with zero attached hydrogens (tertiary/aromatic N) is 1. The number of hydrogen-bond acceptors (Lipinski definition) is 2. The Balaban J connectivity index is 2.21. The molecule has 0 saturated heterocycles. The van der Waals surface area contributed by atoms with Crippen LogP contribution in [-0.4, -0.2) is 16.7 Å². The molecule has 0 radical (unpaired) electrons. The van der Waals surface area contributed by atoms with Gasteiger partial charge in [-0.2, -0.15) is 0 Å². The Morgan fingerprint density at radius 2 is 1.89 bits per heavy atom. The zero-order chi connectivity index (χ0) is 13.9. The van der Waals surface area contributed by atoms with Gasteiger partial charge in [-0.25, -0.2) is 0 Å². The third kappa shape index (κ3) is 3.24. The molecule has 3 nitrogen and oxygen atoms in total. The lowest BCUT2D eigenvalue weighted by atomic mass is 10.0. The third-order valence-electron chi connectivity index (χ3n) is 3.72. The van der Waals surface area contributed by atoms with E-state index in [0.29, 0.717) is 6.54 Å². The first-order valence-electron chi connectivity index (χ1n) is 6.87. The third-order valence-corrected chi connectivity index (χ3v) is 3.72. The molecule has 102 valence electrons. The molecule has 0 atom stereocenters. The zero-order valence-electron chi connectivity index (χ0n) is 11.9. The number of hydrogen-bond donors (Lipinski definition) is 1. The second-order valence-electron chi connectivity index (χ2n) is 5.55. The van der Waals surface area contributed by atoms with E-state index in [1.165, 1.54) is 0 Å². The lowest BCUT2D eigenvalue weighted by Gasteiger charge is -2.25. The summed E-state index contributed by atoms with van der Waals surface area (Å²) in [5, 5.41) is 4.60. The minimum atomic E-state index is 0.0646. The Morgan fingerprint density at radius 1 is 1.16 bits per heavy atom. The summed E-state index contributed by atoms with van der Waals surface area (Å²) < 4.78 is 1.84. The van der Waals surface area contributed by atoms with Crippen molar-refractivity contribution < 1.29 is 0 Å². The number of rotatable bonds is 5. The first kappa shape index (κ1) is 13.8. The van der Waals surface area contributed by atoms with Crippen LogP contribution in [0.15, 0.2) is 41.2 Å². The van der Waals surface area contributed by atoms with E-state index in [4.69, 9.17) is 0 Å². The van der Waals surface area contributed by atoms with E-state index >= 15 is 0 Å². The van der Waals surface area contributed by atoms with Crippen molar-refractivity contribution in [2.24, 2.45) is 0 Å². The van der Waals surface area contributed by atoms with Gasteiger partial charge in [0.2, 0.25) is 0 Å². The molecule has 1 N–H and O–H groups in total. The molecule has 2 rings (SSSR count). The molecule has 0 aliphatic carbocycles. The number of nitrogens with one attached hydrogen (secondary N) is 1. The van der Waals surface area contributed by atoms with Crippen LogP contribution >= 0.6 is 0 Å². The van der Waals surface area contributed by atoms with Crippen LogP contribution in [0.4, 0.5) is 0 Å². The van der Waals surface area contributed by atoms with E-state index in [9.17, 15) is 4.79 Å². The Hall–Kier alpha value is -1.61. The molecule has 3 heteroatoms. The summed E-state index contributed by atoms with van der Waals surface area (Å²) >= 11 is 0. The van der Waals surface area contributed by atoms with Gasteiger partial charge in [-0.15, -0.1) is 0 Å². The molecule has 1 aromatic carbocycles. The number of para-hydroxylation sites is 1. The quantitative estimate of drug-likeness (QED) is 0.894. The van der Waals surface area contributed by atoms with Crippen LogP contribution < -0.4 is 10.9 Å². The van der Waals surface area contributed by atoms with Crippen molar-refractivity contribution in [1.82, 2.24) is 9.88 Å². The van der Waals surface area contributed by atoms with E-state index in [-0.39, 0.29) is 11.1 Å². The summed E-state index contributed by atoms with van der Waals surface area (Å²) in [4.78, 5) is 12.0. The van der Waals surface area contributed by atoms with Gasteiger partial charge in [0, 0.05) is 24.7 Å². The number of aromatic nitrogens is 1. The fourth-order valence-electron chi connectivity index (χ4n) is 2.11. The zero-order valence-corrected chi connectivity index (χ0v) is 11.9. The lowest BCUT2D eigenvalue weighted by molar-refractivity contribution is 0.368. The van der Waals surface area contributed by atoms with Crippen LogP contribution in [0.5, 0.6) is 0 Å². The molecule has 1 heterocycles. The van der Waals surface area contributed by atoms with Crippen LogP contribution in [0.1, 0.15) is 27.2 Å². The predicted octanol–water partition coefficient (Wildman–Crippen LogP) is 2.78. The number of pyridine rings is 1. The van der Waals surface area contributed by atoms with Gasteiger partial charge in [-0.1, -0.05) is 25.1 Å². The SMILES string of the molecule is CCC(C)(C)NCCn1c(=O)ccc2ccccc21. The molecule has 0 amide bonds. The van der Waals surface area contributed by atoms with Gasteiger partial charge in [0.1, 0.15) is 0 Å². The molecule has 0 fully saturated rings. The average molecular weight is 258 g/mol. The monoisotopic (exact) mass is 258 g/mol. The molecular formula is C16H22N2O. The fraction of sp³-hybridized carbons (Fsp3) is 0.438. The summed E-state index contributed by atoms with van der Waals surface area (Å²) in [6.07, 6.45) is 1.07. The van der Waals surface area contributed by atoms with Crippen molar-refractivity contribution in [3.05, 3.63) is 46.8 Å². The highest BCUT2D eigenvalue weighted by molar-refractivity contribution is 5.78. The van der Waals surface area contributed by atoms with Gasteiger partial charge >= 0.3 is 0 Å². The van der Waals surface area contributed by atoms with Gasteiger partial charge in [-0.05, 0) is 37.8 Å². The average Bonchev–Trinajstić information content (AvgIpc) is 2.41. The van der Waals surface area contributed by atoms with Gasteiger partial charge < -0.3 is 9.88 Å². The number of benzene rings is 1. The maximum absolute atomic E-state index is 12.0. The highest BCUT2D eigenvalue weighted by Crippen LogP contribution is 2.11. The van der Waals surface area contributed by atoms with Crippen LogP contribution in [0.25, 0.3) is 10.9 Å². The molecule has 0 saturated carbocycles. The van der Waals surface area contributed by atoms with Crippen molar-refractivity contribution in [3.8, 4) is 0 Å². The smallest absolute Gasteiger partial charge is 0.251 e. The van der Waals surface area contributed by atoms with Crippen LogP contribution in [0.2, 0.25) is 0 Å². The summed E-state index contributed by atoms with van der Waals surface area (Å²) in [7, 11) is 0. The van der Waals surface area contributed by atoms with E-state index in [2.05, 4.69) is 26.1 Å². The normalized spacial score (nSPS) is 11.9. The van der Waals surface area contributed by atoms with Gasteiger partial charge in [0.15, 0.2) is 0 Å². The van der Waals surface area contributed by atoms with Gasteiger partial charge in [0.05, 0.1) is 5.52 Å². The highest BCUT2D eigenvalue weighted by atomic mass is 16.1. The molecule has 1 aromatic heterocycles. The second-order valence-corrected chi connectivity index (χ2v) is 5.55. The minimum Gasteiger partial charge on any atom is -0.310 e. The summed E-state index contributed by atoms with van der Waals surface area (Å²) in [5.74, 6) is 0. The lowest BCUT2D eigenvalue weighted by Crippen LogP contribution is -2.41. The van der Waals surface area contributed by atoms with Crippen LogP contribution in [0, 0.1) is 0 Å². The van der Waals surface area contributed by atoms with E-state index in [1.807, 2.05) is 34.9 Å². The van der Waals surface area contributed by atoms with E-state index in [0.717, 1.165) is 23.9 Å². The summed E-state index contributed by atoms with van der Waals surface area (Å²) in [6, 6.07) is 11.5. The molecule has 0 aliphatic heterocycles. The van der Waals surface area contributed by atoms with Crippen LogP contribution in [0.3, 0.4) is 0 Å². The molecular weight excluding hydrogens is 236 g/mol. The second kappa shape index (κ2) is 5.57. The van der Waals surface area contributed by atoms with E-state index < -0.39 is 0 Å². The molecule has 0 aliphatic rings. The van der Waals surface area contributed by atoms with Crippen molar-refractivity contribution >= 4 is 10.9 Å². The highest BCUT2D eigenvalue weighted by Gasteiger charge is 2.13. The van der Waals surface area contributed by atoms with Crippen molar-refractivity contribution in [3.63, 3.8) is 0 Å². The Morgan fingerprint density at radius 3 is 2.63 bits per heavy atom. The molecule has 0 spiro atoms. The summed E-state index contributed by atoms with van der Waals surface area (Å²) in [6.45, 7) is 8.02. The largest absolute Gasteiger partial charge is 0.310 e.